The molecule has 2 rings (SSSR count). The van der Waals surface area contributed by atoms with Crippen LogP contribution in [0.3, 0.4) is 0 Å². The van der Waals surface area contributed by atoms with Gasteiger partial charge in [-0.05, 0) is 18.6 Å². The van der Waals surface area contributed by atoms with Crippen molar-refractivity contribution in [3.63, 3.8) is 0 Å². The molecule has 0 aliphatic carbocycles. The molecule has 94 valence electrons. The first-order chi connectivity index (χ1) is 8.47. The van der Waals surface area contributed by atoms with E-state index in [4.69, 9.17) is 5.11 Å². The van der Waals surface area contributed by atoms with Gasteiger partial charge in [0.05, 0.1) is 11.9 Å². The van der Waals surface area contributed by atoms with E-state index in [0.717, 1.165) is 29.7 Å². The second kappa shape index (κ2) is 4.69. The first-order valence-electron chi connectivity index (χ1n) is 4.89. The van der Waals surface area contributed by atoms with E-state index in [1.807, 2.05) is 0 Å². The fraction of sp³-hybridized carbons (Fsp3) is 0.0909. The lowest BCUT2D eigenvalue weighted by Gasteiger charge is -2.05. The zero-order chi connectivity index (χ0) is 13.3. The van der Waals surface area contributed by atoms with Crippen LogP contribution >= 0.6 is 11.3 Å². The van der Waals surface area contributed by atoms with Crippen LogP contribution in [0.4, 0.5) is 19.6 Å². The lowest BCUT2D eigenvalue weighted by Crippen LogP contribution is -1.96. The van der Waals surface area contributed by atoms with E-state index >= 15 is 0 Å². The predicted octanol–water partition coefficient (Wildman–Crippen LogP) is 3.17. The smallest absolute Gasteiger partial charge is 0.347 e. The summed E-state index contributed by atoms with van der Waals surface area (Å²) < 4.78 is 26.8. The molecule has 1 heterocycles. The summed E-state index contributed by atoms with van der Waals surface area (Å²) in [6, 6.07) is 2.07. The number of nitrogens with one attached hydrogen (secondary N) is 1. The highest BCUT2D eigenvalue weighted by Gasteiger charge is 2.12. The number of hydrogen-bond acceptors (Lipinski definition) is 4. The molecule has 0 unspecified atom stereocenters. The number of anilines is 2. The van der Waals surface area contributed by atoms with Gasteiger partial charge in [-0.1, -0.05) is 11.3 Å². The molecule has 0 aliphatic heterocycles. The Balaban J connectivity index is 2.28. The Morgan fingerprint density at radius 3 is 2.72 bits per heavy atom. The van der Waals surface area contributed by atoms with Crippen molar-refractivity contribution in [2.24, 2.45) is 0 Å². The molecule has 2 aromatic rings. The summed E-state index contributed by atoms with van der Waals surface area (Å²) in [5, 5.41) is 11.4. The molecule has 1 aromatic heterocycles. The van der Waals surface area contributed by atoms with Crippen molar-refractivity contribution in [1.29, 1.82) is 0 Å². The summed E-state index contributed by atoms with van der Waals surface area (Å²) in [6.45, 7) is 1.45. The van der Waals surface area contributed by atoms with Crippen LogP contribution in [0.1, 0.15) is 15.2 Å². The molecular formula is C11H8F2N2O2S. The summed E-state index contributed by atoms with van der Waals surface area (Å²) in [5.74, 6) is -2.29. The molecule has 2 N–H and O–H groups in total. The van der Waals surface area contributed by atoms with E-state index in [-0.39, 0.29) is 21.3 Å². The van der Waals surface area contributed by atoms with Crippen molar-refractivity contribution in [3.8, 4) is 0 Å². The fourth-order valence-corrected chi connectivity index (χ4v) is 1.96. The van der Waals surface area contributed by atoms with E-state index in [1.54, 1.807) is 0 Å². The number of aromatic nitrogens is 1. The van der Waals surface area contributed by atoms with Gasteiger partial charge in [0.15, 0.2) is 5.13 Å². The minimum Gasteiger partial charge on any atom is -0.477 e. The average Bonchev–Trinajstić information content (AvgIpc) is 2.74. The van der Waals surface area contributed by atoms with Crippen LogP contribution in [0.2, 0.25) is 0 Å². The van der Waals surface area contributed by atoms with Gasteiger partial charge in [-0.15, -0.1) is 0 Å². The molecule has 1 aromatic carbocycles. The van der Waals surface area contributed by atoms with Gasteiger partial charge in [0.2, 0.25) is 0 Å². The molecule has 18 heavy (non-hydrogen) atoms. The second-order valence-electron chi connectivity index (χ2n) is 3.54. The van der Waals surface area contributed by atoms with Crippen molar-refractivity contribution in [3.05, 3.63) is 40.4 Å². The topological polar surface area (TPSA) is 62.2 Å². The van der Waals surface area contributed by atoms with Crippen LogP contribution in [-0.4, -0.2) is 16.1 Å². The minimum absolute atomic E-state index is 0.0190. The molecule has 0 fully saturated rings. The van der Waals surface area contributed by atoms with Gasteiger partial charge in [0, 0.05) is 6.07 Å². The molecule has 0 bridgehead atoms. The van der Waals surface area contributed by atoms with E-state index in [2.05, 4.69) is 10.3 Å². The van der Waals surface area contributed by atoms with Gasteiger partial charge in [-0.3, -0.25) is 0 Å². The molecule has 0 radical (unpaired) electrons. The van der Waals surface area contributed by atoms with Gasteiger partial charge in [-0.2, -0.15) is 0 Å². The molecule has 7 heteroatoms. The fourth-order valence-electron chi connectivity index (χ4n) is 1.29. The SMILES string of the molecule is Cc1cc(F)c(Nc2ncc(C(=O)O)s2)cc1F. The molecular weight excluding hydrogens is 262 g/mol. The highest BCUT2D eigenvalue weighted by atomic mass is 32.1. The third-order valence-corrected chi connectivity index (χ3v) is 3.11. The number of nitrogens with zero attached hydrogens (tertiary/aromatic N) is 1. The lowest BCUT2D eigenvalue weighted by molar-refractivity contribution is 0.0702. The summed E-state index contributed by atoms with van der Waals surface area (Å²) in [7, 11) is 0. The quantitative estimate of drug-likeness (QED) is 0.899. The van der Waals surface area contributed by atoms with Crippen molar-refractivity contribution >= 4 is 28.1 Å². The summed E-state index contributed by atoms with van der Waals surface area (Å²) in [6.07, 6.45) is 1.15. The Hall–Kier alpha value is -2.02. The number of thiazole rings is 1. The Kier molecular flexibility index (Phi) is 3.24. The number of aromatic carboxylic acids is 1. The first kappa shape index (κ1) is 12.4. The van der Waals surface area contributed by atoms with Crippen molar-refractivity contribution < 1.29 is 18.7 Å². The number of carboxylic acids is 1. The lowest BCUT2D eigenvalue weighted by atomic mass is 10.2. The van der Waals surface area contributed by atoms with E-state index in [1.165, 1.54) is 6.92 Å². The van der Waals surface area contributed by atoms with Gasteiger partial charge >= 0.3 is 5.97 Å². The molecule has 4 nitrogen and oxygen atoms in total. The molecule has 0 aliphatic rings. The highest BCUT2D eigenvalue weighted by Crippen LogP contribution is 2.26. The van der Waals surface area contributed by atoms with Crippen molar-refractivity contribution in [1.82, 2.24) is 4.98 Å². The third kappa shape index (κ3) is 2.45. The number of hydrogen-bond donors (Lipinski definition) is 2. The van der Waals surface area contributed by atoms with Crippen LogP contribution in [0, 0.1) is 18.6 Å². The van der Waals surface area contributed by atoms with Gasteiger partial charge in [-0.25, -0.2) is 18.6 Å². The van der Waals surface area contributed by atoms with Crippen LogP contribution in [0.15, 0.2) is 18.3 Å². The zero-order valence-corrected chi connectivity index (χ0v) is 10.0. The van der Waals surface area contributed by atoms with Gasteiger partial charge in [0.1, 0.15) is 16.5 Å². The number of halogens is 2. The van der Waals surface area contributed by atoms with E-state index < -0.39 is 17.6 Å². The Bertz CT molecular complexity index is 613. The van der Waals surface area contributed by atoms with Gasteiger partial charge in [0.25, 0.3) is 0 Å². The third-order valence-electron chi connectivity index (χ3n) is 2.21. The predicted molar refractivity (Wildman–Crippen MR) is 63.5 cm³/mol. The molecule has 0 saturated carbocycles. The van der Waals surface area contributed by atoms with Crippen molar-refractivity contribution in [2.75, 3.05) is 5.32 Å². The molecule has 0 amide bonds. The maximum Gasteiger partial charge on any atom is 0.347 e. The zero-order valence-electron chi connectivity index (χ0n) is 9.20. The monoisotopic (exact) mass is 270 g/mol. The molecule has 0 atom stereocenters. The Morgan fingerprint density at radius 1 is 1.39 bits per heavy atom. The molecule has 0 saturated heterocycles. The van der Waals surface area contributed by atoms with Crippen LogP contribution < -0.4 is 5.32 Å². The standard InChI is InChI=1S/C11H8F2N2O2S/c1-5-2-7(13)8(3-6(5)12)15-11-14-4-9(18-11)10(16)17/h2-4H,1H3,(H,14,15)(H,16,17). The van der Waals surface area contributed by atoms with Crippen LogP contribution in [0.5, 0.6) is 0 Å². The van der Waals surface area contributed by atoms with Crippen LogP contribution in [-0.2, 0) is 0 Å². The second-order valence-corrected chi connectivity index (χ2v) is 4.57. The maximum atomic E-state index is 13.5. The maximum absolute atomic E-state index is 13.5. The Labute approximate surface area is 105 Å². The van der Waals surface area contributed by atoms with Crippen LogP contribution in [0.25, 0.3) is 0 Å². The Morgan fingerprint density at radius 2 is 2.11 bits per heavy atom. The van der Waals surface area contributed by atoms with Crippen molar-refractivity contribution in [2.45, 2.75) is 6.92 Å². The number of carbonyl (C=O) groups is 1. The summed E-state index contributed by atoms with van der Waals surface area (Å²) in [4.78, 5) is 14.4. The van der Waals surface area contributed by atoms with Gasteiger partial charge < -0.3 is 10.4 Å². The number of aryl methyl sites for hydroxylation is 1. The van der Waals surface area contributed by atoms with E-state index in [9.17, 15) is 13.6 Å². The number of rotatable bonds is 3. The van der Waals surface area contributed by atoms with E-state index in [0.29, 0.717) is 0 Å². The summed E-state index contributed by atoms with van der Waals surface area (Å²) >= 11 is 0.844. The minimum atomic E-state index is -1.11. The number of carboxylic acid groups (broad SMARTS) is 1. The largest absolute Gasteiger partial charge is 0.477 e. The normalized spacial score (nSPS) is 10.4. The molecule has 0 spiro atoms. The number of benzene rings is 1. The first-order valence-corrected chi connectivity index (χ1v) is 5.71. The highest BCUT2D eigenvalue weighted by molar-refractivity contribution is 7.17. The average molecular weight is 270 g/mol. The summed E-state index contributed by atoms with van der Waals surface area (Å²) in [5.41, 5.74) is 0.118.